The molecule has 0 radical (unpaired) electrons. The molecule has 10 heteroatoms. The quantitative estimate of drug-likeness (QED) is 0.385. The third-order valence-electron chi connectivity index (χ3n) is 5.71. The second-order valence-electron chi connectivity index (χ2n) is 7.94. The Kier molecular flexibility index (Phi) is 4.98. The van der Waals surface area contributed by atoms with Gasteiger partial charge in [0.2, 0.25) is 0 Å². The summed E-state index contributed by atoms with van der Waals surface area (Å²) >= 11 is 9.70. The van der Waals surface area contributed by atoms with Crippen LogP contribution in [0.3, 0.4) is 0 Å². The van der Waals surface area contributed by atoms with Crippen LogP contribution in [-0.2, 0) is 7.05 Å². The van der Waals surface area contributed by atoms with E-state index in [4.69, 9.17) is 16.3 Å². The summed E-state index contributed by atoms with van der Waals surface area (Å²) in [6, 6.07) is 11.0. The number of aryl methyl sites for hydroxylation is 1. The van der Waals surface area contributed by atoms with Gasteiger partial charge in [0.05, 0.1) is 24.0 Å². The number of hydrogen-bond acceptors (Lipinski definition) is 5. The second kappa shape index (κ2) is 7.60. The Labute approximate surface area is 197 Å². The zero-order chi connectivity index (χ0) is 22.7. The van der Waals surface area contributed by atoms with Gasteiger partial charge >= 0.3 is 0 Å². The average Bonchev–Trinajstić information content (AvgIpc) is 3.39. The number of methoxy groups -OCH3 is 1. The Morgan fingerprint density at radius 1 is 1.19 bits per heavy atom. The Morgan fingerprint density at radius 2 is 1.91 bits per heavy atom. The van der Waals surface area contributed by atoms with E-state index in [2.05, 4.69) is 45.1 Å². The molecule has 164 valence electrons. The van der Waals surface area contributed by atoms with E-state index >= 15 is 0 Å². The summed E-state index contributed by atoms with van der Waals surface area (Å²) in [5.41, 5.74) is 4.26. The number of anilines is 1. The summed E-state index contributed by atoms with van der Waals surface area (Å²) in [5, 5.41) is 8.92. The molecule has 0 saturated carbocycles. The molecule has 2 aromatic heterocycles. The highest BCUT2D eigenvalue weighted by Gasteiger charge is 2.44. The topological polar surface area (TPSA) is 78.1 Å². The fourth-order valence-corrected chi connectivity index (χ4v) is 5.18. The van der Waals surface area contributed by atoms with Crippen molar-refractivity contribution in [2.24, 2.45) is 7.05 Å². The van der Waals surface area contributed by atoms with E-state index in [-0.39, 0.29) is 18.0 Å². The van der Waals surface area contributed by atoms with Crippen LogP contribution < -0.4 is 9.64 Å². The molecule has 8 nitrogen and oxygen atoms in total. The molecule has 4 aromatic rings. The molecule has 1 aliphatic heterocycles. The first-order chi connectivity index (χ1) is 15.3. The number of imidazole rings is 1. The number of rotatable bonds is 4. The third-order valence-corrected chi connectivity index (χ3v) is 6.52. The molecule has 32 heavy (non-hydrogen) atoms. The molecule has 0 bridgehead atoms. The van der Waals surface area contributed by atoms with E-state index in [0.29, 0.717) is 32.4 Å². The molecule has 2 aromatic carbocycles. The Bertz CT molecular complexity index is 1360. The summed E-state index contributed by atoms with van der Waals surface area (Å²) in [6.45, 7) is 4.13. The number of carbonyl (C=O) groups is 1. The van der Waals surface area contributed by atoms with Gasteiger partial charge < -0.3 is 9.30 Å². The van der Waals surface area contributed by atoms with Crippen LogP contribution in [0.15, 0.2) is 41.1 Å². The van der Waals surface area contributed by atoms with Gasteiger partial charge in [0.15, 0.2) is 21.7 Å². The van der Waals surface area contributed by atoms with E-state index < -0.39 is 0 Å². The van der Waals surface area contributed by atoms with Crippen molar-refractivity contribution in [1.29, 1.82) is 0 Å². The highest BCUT2D eigenvalue weighted by molar-refractivity contribution is 9.10. The number of halogens is 2. The molecule has 0 N–H and O–H groups in total. The maximum Gasteiger partial charge on any atom is 0.279 e. The predicted molar refractivity (Wildman–Crippen MR) is 125 cm³/mol. The summed E-state index contributed by atoms with van der Waals surface area (Å²) < 4.78 is 9.92. The molecule has 0 aliphatic carbocycles. The van der Waals surface area contributed by atoms with Crippen LogP contribution in [0.2, 0.25) is 5.02 Å². The molecule has 0 spiro atoms. The van der Waals surface area contributed by atoms with Crippen molar-refractivity contribution in [2.75, 3.05) is 12.0 Å². The molecule has 1 atom stereocenters. The van der Waals surface area contributed by atoms with E-state index in [1.54, 1.807) is 23.7 Å². The van der Waals surface area contributed by atoms with Crippen molar-refractivity contribution in [1.82, 2.24) is 24.5 Å². The summed E-state index contributed by atoms with van der Waals surface area (Å²) in [6.07, 6.45) is 0. The van der Waals surface area contributed by atoms with Gasteiger partial charge in [0, 0.05) is 24.2 Å². The molecule has 1 amide bonds. The van der Waals surface area contributed by atoms with Gasteiger partial charge in [-0.15, -0.1) is 5.10 Å². The number of amides is 1. The standard InChI is InChI=1S/C22H20BrClN6O2/c1-11(2)29-20-18(25-22(29)23)21(31)30(19(20)12-5-7-13(24)8-6-12)14-9-15-17(16(10-14)32-4)26-27-28(15)3/h5-11,19H,1-4H3. The monoisotopic (exact) mass is 514 g/mol. The minimum Gasteiger partial charge on any atom is -0.494 e. The number of hydrogen-bond donors (Lipinski definition) is 0. The number of fused-ring (bicyclic) bond motifs is 2. The molecule has 1 aliphatic rings. The Morgan fingerprint density at radius 3 is 2.56 bits per heavy atom. The zero-order valence-corrected chi connectivity index (χ0v) is 20.2. The lowest BCUT2D eigenvalue weighted by Crippen LogP contribution is -2.30. The molecule has 1 unspecified atom stereocenters. The van der Waals surface area contributed by atoms with Gasteiger partial charge in [-0.1, -0.05) is 28.9 Å². The van der Waals surface area contributed by atoms with Crippen LogP contribution in [0.5, 0.6) is 5.75 Å². The molecular weight excluding hydrogens is 496 g/mol. The lowest BCUT2D eigenvalue weighted by atomic mass is 10.0. The predicted octanol–water partition coefficient (Wildman–Crippen LogP) is 4.92. The molecule has 3 heterocycles. The summed E-state index contributed by atoms with van der Waals surface area (Å²) in [4.78, 5) is 20.0. The number of aromatic nitrogens is 5. The van der Waals surface area contributed by atoms with E-state index in [1.165, 1.54) is 0 Å². The maximum absolute atomic E-state index is 13.7. The van der Waals surface area contributed by atoms with Crippen LogP contribution in [0, 0.1) is 0 Å². The van der Waals surface area contributed by atoms with Crippen LogP contribution >= 0.6 is 27.5 Å². The highest BCUT2D eigenvalue weighted by atomic mass is 79.9. The average molecular weight is 516 g/mol. The Hall–Kier alpha value is -2.91. The van der Waals surface area contributed by atoms with Gasteiger partial charge in [0.25, 0.3) is 5.91 Å². The van der Waals surface area contributed by atoms with Crippen LogP contribution in [0.25, 0.3) is 11.0 Å². The summed E-state index contributed by atoms with van der Waals surface area (Å²) in [5.74, 6) is 0.363. The minimum absolute atomic E-state index is 0.0986. The highest BCUT2D eigenvalue weighted by Crippen LogP contribution is 2.45. The van der Waals surface area contributed by atoms with Gasteiger partial charge in [-0.25, -0.2) is 9.67 Å². The lowest BCUT2D eigenvalue weighted by Gasteiger charge is -2.28. The minimum atomic E-state index is -0.390. The third kappa shape index (κ3) is 3.02. The van der Waals surface area contributed by atoms with E-state index in [9.17, 15) is 4.79 Å². The van der Waals surface area contributed by atoms with Gasteiger partial charge in [-0.3, -0.25) is 9.69 Å². The van der Waals surface area contributed by atoms with Crippen molar-refractivity contribution in [3.8, 4) is 5.75 Å². The van der Waals surface area contributed by atoms with Crippen molar-refractivity contribution < 1.29 is 9.53 Å². The number of carbonyl (C=O) groups excluding carboxylic acids is 1. The molecular formula is C22H20BrClN6O2. The van der Waals surface area contributed by atoms with Crippen molar-refractivity contribution in [3.05, 3.63) is 63.1 Å². The number of ether oxygens (including phenoxy) is 1. The van der Waals surface area contributed by atoms with E-state index in [1.807, 2.05) is 41.0 Å². The normalized spacial score (nSPS) is 15.8. The smallest absolute Gasteiger partial charge is 0.279 e. The summed E-state index contributed by atoms with van der Waals surface area (Å²) in [7, 11) is 3.39. The first-order valence-corrected chi connectivity index (χ1v) is 11.2. The lowest BCUT2D eigenvalue weighted by molar-refractivity contribution is 0.0989. The van der Waals surface area contributed by atoms with Crippen LogP contribution in [-0.4, -0.2) is 37.6 Å². The van der Waals surface area contributed by atoms with Crippen LogP contribution in [0.1, 0.15) is 47.7 Å². The van der Waals surface area contributed by atoms with Gasteiger partial charge in [-0.2, -0.15) is 0 Å². The second-order valence-corrected chi connectivity index (χ2v) is 9.08. The number of nitrogens with zero attached hydrogens (tertiary/aromatic N) is 6. The Balaban J connectivity index is 1.78. The molecule has 0 saturated heterocycles. The van der Waals surface area contributed by atoms with Gasteiger partial charge in [-0.05, 0) is 53.5 Å². The molecule has 5 rings (SSSR count). The maximum atomic E-state index is 13.7. The number of benzene rings is 2. The van der Waals surface area contributed by atoms with Crippen LogP contribution in [0.4, 0.5) is 5.69 Å². The van der Waals surface area contributed by atoms with Crippen molar-refractivity contribution >= 4 is 50.2 Å². The SMILES string of the molecule is COc1cc(N2C(=O)c3nc(Br)n(C(C)C)c3C2c2ccc(Cl)cc2)cc2c1nnn2C. The molecule has 0 fully saturated rings. The fourth-order valence-electron chi connectivity index (χ4n) is 4.28. The van der Waals surface area contributed by atoms with Crippen molar-refractivity contribution in [3.63, 3.8) is 0 Å². The fraction of sp³-hybridized carbons (Fsp3) is 0.273. The van der Waals surface area contributed by atoms with E-state index in [0.717, 1.165) is 16.8 Å². The first kappa shape index (κ1) is 21.0. The zero-order valence-electron chi connectivity index (χ0n) is 17.9. The largest absolute Gasteiger partial charge is 0.494 e. The first-order valence-electron chi connectivity index (χ1n) is 10.1. The van der Waals surface area contributed by atoms with Gasteiger partial charge in [0.1, 0.15) is 6.04 Å². The van der Waals surface area contributed by atoms with Crippen molar-refractivity contribution in [2.45, 2.75) is 25.9 Å².